The average Bonchev–Trinajstić information content (AvgIpc) is 2.47. The van der Waals surface area contributed by atoms with Crippen LogP contribution < -0.4 is 0 Å². The molecule has 1 aliphatic heterocycles. The normalized spacial score (nSPS) is 23.0. The quantitative estimate of drug-likeness (QED) is 0.700. The first-order valence-electron chi connectivity index (χ1n) is 7.92. The minimum Gasteiger partial charge on any atom is -0.339 e. The Balaban J connectivity index is 2.54. The van der Waals surface area contributed by atoms with Gasteiger partial charge in [-0.2, -0.15) is 0 Å². The molecule has 0 spiro atoms. The third kappa shape index (κ3) is 7.74. The maximum atomic E-state index is 12.6. The average molecular weight is 302 g/mol. The van der Waals surface area contributed by atoms with Crippen LogP contribution in [0.1, 0.15) is 12.8 Å². The van der Waals surface area contributed by atoms with Crippen molar-refractivity contribution in [3.8, 4) is 0 Å². The molecular weight excluding hydrogens is 271 g/mol. The number of rotatable bonds is 1. The van der Waals surface area contributed by atoms with Crippen LogP contribution in [0, 0.1) is 0 Å². The van der Waals surface area contributed by atoms with Crippen LogP contribution in [-0.2, 0) is 4.79 Å². The monoisotopic (exact) mass is 302 g/mol. The number of carbonyl (C=O) groups excluding carboxylic acids is 1. The summed E-state index contributed by atoms with van der Waals surface area (Å²) >= 11 is 0. The van der Waals surface area contributed by atoms with Crippen molar-refractivity contribution in [1.82, 2.24) is 19.6 Å². The summed E-state index contributed by atoms with van der Waals surface area (Å²) in [6, 6.07) is 0. The van der Waals surface area contributed by atoms with E-state index in [1.807, 2.05) is 0 Å². The molecule has 1 saturated heterocycles. The third-order valence-electron chi connectivity index (χ3n) is 4.13. The SMILES string of the molecule is CN1CCCN(C)CCN(C(=O)CF)CCCN(C)CC1. The molecule has 1 amide bonds. The van der Waals surface area contributed by atoms with Gasteiger partial charge in [0, 0.05) is 32.7 Å². The lowest BCUT2D eigenvalue weighted by Gasteiger charge is -2.28. The summed E-state index contributed by atoms with van der Waals surface area (Å²) in [4.78, 5) is 20.2. The van der Waals surface area contributed by atoms with E-state index in [-0.39, 0.29) is 5.91 Å². The molecular formula is C15H31FN4O. The fourth-order valence-electron chi connectivity index (χ4n) is 2.56. The summed E-state index contributed by atoms with van der Waals surface area (Å²) in [5.74, 6) is -0.377. The summed E-state index contributed by atoms with van der Waals surface area (Å²) in [5.41, 5.74) is 0. The first-order chi connectivity index (χ1) is 10.0. The fraction of sp³-hybridized carbons (Fsp3) is 0.933. The Kier molecular flexibility index (Phi) is 8.80. The van der Waals surface area contributed by atoms with Crippen molar-refractivity contribution in [1.29, 1.82) is 0 Å². The van der Waals surface area contributed by atoms with E-state index in [0.29, 0.717) is 13.1 Å². The molecule has 0 unspecified atom stereocenters. The first-order valence-corrected chi connectivity index (χ1v) is 7.92. The van der Waals surface area contributed by atoms with E-state index in [9.17, 15) is 9.18 Å². The van der Waals surface area contributed by atoms with Gasteiger partial charge >= 0.3 is 0 Å². The zero-order chi connectivity index (χ0) is 15.7. The van der Waals surface area contributed by atoms with Gasteiger partial charge in [0.15, 0.2) is 6.67 Å². The molecule has 0 N–H and O–H groups in total. The Morgan fingerprint density at radius 2 is 1.19 bits per heavy atom. The van der Waals surface area contributed by atoms with Gasteiger partial charge in [0.05, 0.1) is 0 Å². The van der Waals surface area contributed by atoms with E-state index in [0.717, 1.165) is 52.1 Å². The summed E-state index contributed by atoms with van der Waals surface area (Å²) in [7, 11) is 6.34. The molecule has 0 aromatic rings. The minimum absolute atomic E-state index is 0.377. The molecule has 6 heteroatoms. The molecule has 1 heterocycles. The van der Waals surface area contributed by atoms with Crippen LogP contribution in [0.3, 0.4) is 0 Å². The molecule has 0 atom stereocenters. The summed E-state index contributed by atoms with van der Waals surface area (Å²) in [6.45, 7) is 6.34. The number of carbonyl (C=O) groups is 1. The summed E-state index contributed by atoms with van der Waals surface area (Å²) in [5, 5.41) is 0. The number of alkyl halides is 1. The Labute approximate surface area is 128 Å². The lowest BCUT2D eigenvalue weighted by molar-refractivity contribution is -0.132. The zero-order valence-electron chi connectivity index (χ0n) is 13.9. The summed E-state index contributed by atoms with van der Waals surface area (Å²) in [6.07, 6.45) is 2.02. The molecule has 0 aliphatic carbocycles. The largest absolute Gasteiger partial charge is 0.339 e. The standard InChI is InChI=1S/C15H31FN4O/c1-17-6-4-7-19(3)12-13-20(15(21)14-16)9-5-8-18(2)11-10-17/h4-14H2,1-3H3. The second-order valence-electron chi connectivity index (χ2n) is 6.13. The molecule has 1 aliphatic rings. The molecule has 0 aromatic heterocycles. The van der Waals surface area contributed by atoms with Crippen molar-refractivity contribution in [2.45, 2.75) is 12.8 Å². The molecule has 21 heavy (non-hydrogen) atoms. The number of hydrogen-bond acceptors (Lipinski definition) is 4. The molecule has 0 radical (unpaired) electrons. The molecule has 124 valence electrons. The molecule has 1 rings (SSSR count). The molecule has 0 saturated carbocycles. The fourth-order valence-corrected chi connectivity index (χ4v) is 2.56. The van der Waals surface area contributed by atoms with Gasteiger partial charge in [-0.1, -0.05) is 0 Å². The van der Waals surface area contributed by atoms with Gasteiger partial charge in [-0.15, -0.1) is 0 Å². The van der Waals surface area contributed by atoms with Crippen LogP contribution in [-0.4, -0.2) is 106 Å². The first kappa shape index (κ1) is 18.3. The predicted molar refractivity (Wildman–Crippen MR) is 84.3 cm³/mol. The number of likely N-dealkylation sites (N-methyl/N-ethyl adjacent to an activating group) is 3. The van der Waals surface area contributed by atoms with E-state index in [4.69, 9.17) is 0 Å². The maximum absolute atomic E-state index is 12.6. The number of halogens is 1. The highest BCUT2D eigenvalue weighted by molar-refractivity contribution is 5.77. The molecule has 0 bridgehead atoms. The smallest absolute Gasteiger partial charge is 0.254 e. The van der Waals surface area contributed by atoms with Crippen molar-refractivity contribution in [2.24, 2.45) is 0 Å². The van der Waals surface area contributed by atoms with Gasteiger partial charge in [0.2, 0.25) is 0 Å². The van der Waals surface area contributed by atoms with Crippen molar-refractivity contribution >= 4 is 5.91 Å². The second kappa shape index (κ2) is 10.1. The highest BCUT2D eigenvalue weighted by atomic mass is 19.1. The van der Waals surface area contributed by atoms with Gasteiger partial charge in [-0.05, 0) is 53.6 Å². The van der Waals surface area contributed by atoms with E-state index < -0.39 is 6.67 Å². The Morgan fingerprint density at radius 1 is 0.762 bits per heavy atom. The number of nitrogens with zero attached hydrogens (tertiary/aromatic N) is 4. The van der Waals surface area contributed by atoms with Gasteiger partial charge in [0.25, 0.3) is 5.91 Å². The second-order valence-corrected chi connectivity index (χ2v) is 6.13. The lowest BCUT2D eigenvalue weighted by atomic mass is 10.3. The van der Waals surface area contributed by atoms with E-state index in [2.05, 4.69) is 35.8 Å². The minimum atomic E-state index is -0.885. The van der Waals surface area contributed by atoms with Crippen LogP contribution >= 0.6 is 0 Å². The van der Waals surface area contributed by atoms with E-state index in [1.54, 1.807) is 4.90 Å². The van der Waals surface area contributed by atoms with Gasteiger partial charge < -0.3 is 19.6 Å². The number of hydrogen-bond donors (Lipinski definition) is 0. The van der Waals surface area contributed by atoms with Crippen molar-refractivity contribution < 1.29 is 9.18 Å². The Bertz CT molecular complexity index is 303. The van der Waals surface area contributed by atoms with Gasteiger partial charge in [0.1, 0.15) is 0 Å². The Hall–Kier alpha value is -0.720. The molecule has 5 nitrogen and oxygen atoms in total. The van der Waals surface area contributed by atoms with Crippen LogP contribution in [0.2, 0.25) is 0 Å². The molecule has 1 fully saturated rings. The van der Waals surface area contributed by atoms with Crippen LogP contribution in [0.15, 0.2) is 0 Å². The zero-order valence-corrected chi connectivity index (χ0v) is 13.9. The lowest BCUT2D eigenvalue weighted by Crippen LogP contribution is -2.41. The van der Waals surface area contributed by atoms with Crippen LogP contribution in [0.5, 0.6) is 0 Å². The Morgan fingerprint density at radius 3 is 1.67 bits per heavy atom. The highest BCUT2D eigenvalue weighted by Crippen LogP contribution is 2.00. The predicted octanol–water partition coefficient (Wildman–Crippen LogP) is 0.374. The van der Waals surface area contributed by atoms with Crippen molar-refractivity contribution in [3.63, 3.8) is 0 Å². The van der Waals surface area contributed by atoms with Crippen LogP contribution in [0.25, 0.3) is 0 Å². The topological polar surface area (TPSA) is 30.0 Å². The van der Waals surface area contributed by atoms with E-state index >= 15 is 0 Å². The van der Waals surface area contributed by atoms with E-state index in [1.165, 1.54) is 0 Å². The maximum Gasteiger partial charge on any atom is 0.254 e. The third-order valence-corrected chi connectivity index (χ3v) is 4.13. The van der Waals surface area contributed by atoms with Gasteiger partial charge in [-0.3, -0.25) is 4.79 Å². The van der Waals surface area contributed by atoms with Crippen molar-refractivity contribution in [3.05, 3.63) is 0 Å². The molecule has 0 aromatic carbocycles. The van der Waals surface area contributed by atoms with Crippen molar-refractivity contribution in [2.75, 3.05) is 80.2 Å². The van der Waals surface area contributed by atoms with Gasteiger partial charge in [-0.25, -0.2) is 4.39 Å². The summed E-state index contributed by atoms with van der Waals surface area (Å²) < 4.78 is 12.6. The van der Waals surface area contributed by atoms with Crippen LogP contribution in [0.4, 0.5) is 4.39 Å². The number of amides is 1. The highest BCUT2D eigenvalue weighted by Gasteiger charge is 2.14.